The second-order valence-electron chi connectivity index (χ2n) is 6.83. The molecule has 7 heteroatoms. The van der Waals surface area contributed by atoms with Crippen molar-refractivity contribution >= 4 is 17.8 Å². The Hall–Kier alpha value is -2.57. The van der Waals surface area contributed by atoms with Crippen LogP contribution in [0.1, 0.15) is 46.3 Å². The molecular formula is C19H25N3O4. The van der Waals surface area contributed by atoms with E-state index in [4.69, 9.17) is 4.74 Å². The molecule has 3 heterocycles. The maximum Gasteiger partial charge on any atom is 0.339 e. The maximum absolute atomic E-state index is 13.2. The largest absolute Gasteiger partial charge is 0.465 e. The Kier molecular flexibility index (Phi) is 5.15. The molecule has 1 atom stereocenters. The summed E-state index contributed by atoms with van der Waals surface area (Å²) in [6, 6.07) is 1.57. The number of nitrogens with zero attached hydrogens (tertiary/aromatic N) is 3. The lowest BCUT2D eigenvalue weighted by atomic mass is 10.1. The van der Waals surface area contributed by atoms with Crippen LogP contribution in [-0.4, -0.2) is 64.9 Å². The molecule has 0 bridgehead atoms. The fraction of sp³-hybridized carbons (Fsp3) is 0.526. The quantitative estimate of drug-likeness (QED) is 0.605. The number of hydrogen-bond acceptors (Lipinski definition) is 4. The van der Waals surface area contributed by atoms with E-state index in [1.54, 1.807) is 15.9 Å². The molecule has 26 heavy (non-hydrogen) atoms. The monoisotopic (exact) mass is 359 g/mol. The lowest BCUT2D eigenvalue weighted by Crippen LogP contribution is -2.55. The van der Waals surface area contributed by atoms with E-state index in [1.165, 1.54) is 13.2 Å². The first kappa shape index (κ1) is 18.2. The van der Waals surface area contributed by atoms with Gasteiger partial charge in [-0.25, -0.2) is 4.79 Å². The minimum Gasteiger partial charge on any atom is -0.465 e. The summed E-state index contributed by atoms with van der Waals surface area (Å²) in [5.41, 5.74) is 1.92. The highest BCUT2D eigenvalue weighted by molar-refractivity contribution is 5.99. The van der Waals surface area contributed by atoms with E-state index in [2.05, 4.69) is 6.58 Å². The highest BCUT2D eigenvalue weighted by Gasteiger charge is 2.33. The Balaban J connectivity index is 1.86. The first-order chi connectivity index (χ1) is 12.5. The van der Waals surface area contributed by atoms with Crippen LogP contribution in [0.15, 0.2) is 18.7 Å². The zero-order valence-corrected chi connectivity index (χ0v) is 15.4. The van der Waals surface area contributed by atoms with Gasteiger partial charge in [0.05, 0.1) is 12.7 Å². The molecule has 0 radical (unpaired) electrons. The molecular weight excluding hydrogens is 334 g/mol. The Bertz CT molecular complexity index is 752. The van der Waals surface area contributed by atoms with Gasteiger partial charge in [-0.1, -0.05) is 6.58 Å². The van der Waals surface area contributed by atoms with Gasteiger partial charge in [-0.05, 0) is 38.3 Å². The summed E-state index contributed by atoms with van der Waals surface area (Å²) >= 11 is 0. The summed E-state index contributed by atoms with van der Waals surface area (Å²) in [7, 11) is 1.36. The normalized spacial score (nSPS) is 19.7. The van der Waals surface area contributed by atoms with Crippen molar-refractivity contribution in [1.29, 1.82) is 0 Å². The van der Waals surface area contributed by atoms with E-state index < -0.39 is 5.97 Å². The van der Waals surface area contributed by atoms with Crippen molar-refractivity contribution in [3.05, 3.63) is 35.7 Å². The molecule has 1 saturated heterocycles. The van der Waals surface area contributed by atoms with Crippen molar-refractivity contribution in [2.45, 2.75) is 38.8 Å². The van der Waals surface area contributed by atoms with Crippen LogP contribution in [0, 0.1) is 0 Å². The number of carbonyl (C=O) groups excluding carboxylic acids is 3. The van der Waals surface area contributed by atoms with Gasteiger partial charge < -0.3 is 19.1 Å². The number of fused-ring (bicyclic) bond motifs is 1. The van der Waals surface area contributed by atoms with Crippen molar-refractivity contribution in [3.63, 3.8) is 0 Å². The number of hydrogen-bond donors (Lipinski definition) is 0. The van der Waals surface area contributed by atoms with Crippen molar-refractivity contribution in [2.75, 3.05) is 26.7 Å². The average Bonchev–Trinajstić information content (AvgIpc) is 3.06. The number of rotatable bonds is 3. The minimum absolute atomic E-state index is 0.0958. The van der Waals surface area contributed by atoms with Gasteiger partial charge in [-0.15, -0.1) is 0 Å². The molecule has 1 aromatic heterocycles. The Labute approximate surface area is 153 Å². The molecule has 3 rings (SSSR count). The van der Waals surface area contributed by atoms with Gasteiger partial charge in [0.2, 0.25) is 5.91 Å². The first-order valence-corrected chi connectivity index (χ1v) is 9.01. The molecule has 2 amide bonds. The fourth-order valence-corrected chi connectivity index (χ4v) is 3.88. The van der Waals surface area contributed by atoms with Gasteiger partial charge in [0, 0.05) is 37.9 Å². The summed E-state index contributed by atoms with van der Waals surface area (Å²) in [4.78, 5) is 40.6. The Morgan fingerprint density at radius 3 is 2.65 bits per heavy atom. The van der Waals surface area contributed by atoms with Crippen LogP contribution in [0.25, 0.3) is 0 Å². The molecule has 2 aliphatic heterocycles. The molecule has 1 aromatic rings. The third-order valence-electron chi connectivity index (χ3n) is 5.25. The summed E-state index contributed by atoms with van der Waals surface area (Å²) in [6.07, 6.45) is 4.06. The van der Waals surface area contributed by atoms with E-state index in [-0.39, 0.29) is 17.9 Å². The first-order valence-electron chi connectivity index (χ1n) is 9.01. The number of ether oxygens (including phenoxy) is 1. The Morgan fingerprint density at radius 1 is 1.23 bits per heavy atom. The fourth-order valence-electron chi connectivity index (χ4n) is 3.88. The molecule has 0 unspecified atom stereocenters. The SMILES string of the molecule is C=CC(=O)N1CCN(C(=O)c2cc(C(=O)OC)c3n2CCCC3)[C@@H](C)C1. The number of amides is 2. The van der Waals surface area contributed by atoms with Crippen LogP contribution in [0.2, 0.25) is 0 Å². The van der Waals surface area contributed by atoms with Crippen molar-refractivity contribution in [3.8, 4) is 0 Å². The summed E-state index contributed by atoms with van der Waals surface area (Å²) in [6.45, 7) is 7.61. The average molecular weight is 359 g/mol. The Morgan fingerprint density at radius 2 is 2.00 bits per heavy atom. The third-order valence-corrected chi connectivity index (χ3v) is 5.25. The second-order valence-corrected chi connectivity index (χ2v) is 6.83. The summed E-state index contributed by atoms with van der Waals surface area (Å²) in [5, 5.41) is 0. The van der Waals surface area contributed by atoms with E-state index in [9.17, 15) is 14.4 Å². The predicted octanol–water partition coefficient (Wildman–Crippen LogP) is 1.47. The van der Waals surface area contributed by atoms with Crippen LogP contribution in [-0.2, 0) is 22.5 Å². The van der Waals surface area contributed by atoms with Crippen LogP contribution < -0.4 is 0 Å². The smallest absolute Gasteiger partial charge is 0.339 e. The lowest BCUT2D eigenvalue weighted by Gasteiger charge is -2.39. The van der Waals surface area contributed by atoms with Crippen LogP contribution >= 0.6 is 0 Å². The van der Waals surface area contributed by atoms with E-state index in [1.807, 2.05) is 11.5 Å². The van der Waals surface area contributed by atoms with Gasteiger partial charge >= 0.3 is 5.97 Å². The summed E-state index contributed by atoms with van der Waals surface area (Å²) in [5.74, 6) is -0.609. The molecule has 0 aliphatic carbocycles. The van der Waals surface area contributed by atoms with Crippen molar-refractivity contribution < 1.29 is 19.1 Å². The molecule has 7 nitrogen and oxygen atoms in total. The molecule has 0 N–H and O–H groups in total. The van der Waals surface area contributed by atoms with Gasteiger partial charge in [-0.3, -0.25) is 9.59 Å². The highest BCUT2D eigenvalue weighted by Crippen LogP contribution is 2.26. The molecule has 1 fully saturated rings. The van der Waals surface area contributed by atoms with Gasteiger partial charge in [0.15, 0.2) is 0 Å². The number of aromatic nitrogens is 1. The maximum atomic E-state index is 13.2. The van der Waals surface area contributed by atoms with E-state index in [0.29, 0.717) is 30.9 Å². The van der Waals surface area contributed by atoms with Gasteiger partial charge in [0.1, 0.15) is 5.69 Å². The molecule has 0 saturated carbocycles. The van der Waals surface area contributed by atoms with Crippen LogP contribution in [0.4, 0.5) is 0 Å². The molecule has 0 spiro atoms. The second kappa shape index (κ2) is 7.35. The zero-order chi connectivity index (χ0) is 18.8. The predicted molar refractivity (Wildman–Crippen MR) is 96.0 cm³/mol. The summed E-state index contributed by atoms with van der Waals surface area (Å²) < 4.78 is 6.85. The van der Waals surface area contributed by atoms with Crippen LogP contribution in [0.3, 0.4) is 0 Å². The van der Waals surface area contributed by atoms with E-state index >= 15 is 0 Å². The topological polar surface area (TPSA) is 71.8 Å². The number of carbonyl (C=O) groups is 3. The zero-order valence-electron chi connectivity index (χ0n) is 15.4. The van der Waals surface area contributed by atoms with Gasteiger partial charge in [-0.2, -0.15) is 0 Å². The van der Waals surface area contributed by atoms with E-state index in [0.717, 1.165) is 31.5 Å². The van der Waals surface area contributed by atoms with Gasteiger partial charge in [0.25, 0.3) is 5.91 Å². The number of piperazine rings is 1. The standard InChI is InChI=1S/C19H25N3O4/c1-4-17(23)20-9-10-21(13(2)12-20)18(24)16-11-14(19(25)26-3)15-7-5-6-8-22(15)16/h4,11,13H,1,5-10,12H2,2-3H3/t13-/m0/s1. The van der Waals surface area contributed by atoms with Crippen molar-refractivity contribution in [2.24, 2.45) is 0 Å². The third kappa shape index (κ3) is 3.13. The lowest BCUT2D eigenvalue weighted by molar-refractivity contribution is -0.128. The number of esters is 1. The minimum atomic E-state index is -0.399. The van der Waals surface area contributed by atoms with Crippen molar-refractivity contribution in [1.82, 2.24) is 14.4 Å². The molecule has 2 aliphatic rings. The highest BCUT2D eigenvalue weighted by atomic mass is 16.5. The van der Waals surface area contributed by atoms with Crippen LogP contribution in [0.5, 0.6) is 0 Å². The molecule has 140 valence electrons. The molecule has 0 aromatic carbocycles. The number of methoxy groups -OCH3 is 1.